The molecule has 0 aliphatic heterocycles. The third-order valence-corrected chi connectivity index (χ3v) is 2.68. The normalized spacial score (nSPS) is 10.2. The third kappa shape index (κ3) is 4.33. The molecule has 18 heavy (non-hydrogen) atoms. The largest absolute Gasteiger partial charge is 0.396 e. The molecule has 1 aromatic heterocycles. The molecule has 0 atom stereocenters. The second-order valence-electron chi connectivity index (χ2n) is 3.95. The molecule has 0 radical (unpaired) electrons. The molecule has 1 amide bonds. The van der Waals surface area contributed by atoms with Crippen molar-refractivity contribution in [3.05, 3.63) is 18.3 Å². The summed E-state index contributed by atoms with van der Waals surface area (Å²) in [5, 5.41) is 11.4. The highest BCUT2D eigenvalue weighted by Crippen LogP contribution is 2.14. The summed E-state index contributed by atoms with van der Waals surface area (Å²) < 4.78 is 0. The van der Waals surface area contributed by atoms with Crippen molar-refractivity contribution in [2.75, 3.05) is 29.9 Å². The zero-order valence-electron chi connectivity index (χ0n) is 11.0. The molecule has 1 heterocycles. The first-order chi connectivity index (χ1) is 8.71. The number of pyridine rings is 1. The van der Waals surface area contributed by atoms with Gasteiger partial charge in [0.25, 0.3) is 0 Å². The molecule has 1 rings (SSSR count). The number of nitrogens with one attached hydrogen (secondary N) is 1. The van der Waals surface area contributed by atoms with Crippen molar-refractivity contribution in [3.63, 3.8) is 0 Å². The Bertz CT molecular complexity index is 361. The van der Waals surface area contributed by atoms with Crippen molar-refractivity contribution in [2.24, 2.45) is 0 Å². The van der Waals surface area contributed by atoms with Crippen LogP contribution in [-0.4, -0.2) is 35.7 Å². The first kappa shape index (κ1) is 14.4. The van der Waals surface area contributed by atoms with Gasteiger partial charge in [-0.25, -0.2) is 4.98 Å². The van der Waals surface area contributed by atoms with E-state index in [1.807, 2.05) is 12.1 Å². The first-order valence-corrected chi connectivity index (χ1v) is 6.33. The summed E-state index contributed by atoms with van der Waals surface area (Å²) >= 11 is 0. The predicted molar refractivity (Wildman–Crippen MR) is 72.7 cm³/mol. The molecule has 0 spiro atoms. The molecular weight excluding hydrogens is 230 g/mol. The van der Waals surface area contributed by atoms with Crippen molar-refractivity contribution in [1.82, 2.24) is 4.98 Å². The lowest BCUT2D eigenvalue weighted by molar-refractivity contribution is -0.116. The van der Waals surface area contributed by atoms with Crippen LogP contribution in [0.2, 0.25) is 0 Å². The van der Waals surface area contributed by atoms with E-state index in [1.54, 1.807) is 6.20 Å². The summed E-state index contributed by atoms with van der Waals surface area (Å²) in [5.41, 5.74) is 0.689. The van der Waals surface area contributed by atoms with E-state index in [1.165, 1.54) is 0 Å². The van der Waals surface area contributed by atoms with Crippen LogP contribution in [0.4, 0.5) is 11.5 Å². The van der Waals surface area contributed by atoms with Crippen molar-refractivity contribution < 1.29 is 9.90 Å². The fraction of sp³-hybridized carbons (Fsp3) is 0.538. The fourth-order valence-corrected chi connectivity index (χ4v) is 1.66. The highest BCUT2D eigenvalue weighted by Gasteiger charge is 2.05. The number of amides is 1. The average molecular weight is 251 g/mol. The maximum absolute atomic E-state index is 11.4. The Kier molecular flexibility index (Phi) is 6.14. The molecule has 0 unspecified atom stereocenters. The van der Waals surface area contributed by atoms with Gasteiger partial charge in [-0.2, -0.15) is 0 Å². The van der Waals surface area contributed by atoms with Crippen LogP contribution in [0.5, 0.6) is 0 Å². The molecule has 0 fully saturated rings. The van der Waals surface area contributed by atoms with E-state index in [-0.39, 0.29) is 12.5 Å². The summed E-state index contributed by atoms with van der Waals surface area (Å²) in [4.78, 5) is 17.9. The number of aromatic nitrogens is 1. The highest BCUT2D eigenvalue weighted by molar-refractivity contribution is 5.90. The van der Waals surface area contributed by atoms with Crippen molar-refractivity contribution >= 4 is 17.4 Å². The zero-order valence-corrected chi connectivity index (χ0v) is 11.0. The number of rotatable bonds is 7. The smallest absolute Gasteiger partial charge is 0.224 e. The summed E-state index contributed by atoms with van der Waals surface area (Å²) in [6.07, 6.45) is 2.47. The Morgan fingerprint density at radius 2 is 2.11 bits per heavy atom. The number of hydrogen-bond donors (Lipinski definition) is 2. The van der Waals surface area contributed by atoms with Crippen LogP contribution in [0.25, 0.3) is 0 Å². The quantitative estimate of drug-likeness (QED) is 0.773. The maximum Gasteiger partial charge on any atom is 0.224 e. The molecule has 2 N–H and O–H groups in total. The van der Waals surface area contributed by atoms with E-state index in [9.17, 15) is 4.79 Å². The monoisotopic (exact) mass is 251 g/mol. The summed E-state index contributed by atoms with van der Waals surface area (Å²) in [6, 6.07) is 3.74. The molecule has 0 bridgehead atoms. The predicted octanol–water partition coefficient (Wildman–Crippen LogP) is 1.64. The second kappa shape index (κ2) is 7.66. The maximum atomic E-state index is 11.4. The molecule has 0 saturated carbocycles. The Balaban J connectivity index is 2.57. The van der Waals surface area contributed by atoms with Gasteiger partial charge in [0.2, 0.25) is 5.91 Å². The van der Waals surface area contributed by atoms with Gasteiger partial charge in [-0.15, -0.1) is 0 Å². The minimum absolute atomic E-state index is 0.0343. The standard InChI is InChI=1S/C13H21N3O2/c1-3-16(4-2)12-8-7-11(10-14-12)15-13(18)6-5-9-17/h7-8,10,17H,3-6,9H2,1-2H3,(H,15,18). The van der Waals surface area contributed by atoms with Gasteiger partial charge in [-0.3, -0.25) is 4.79 Å². The van der Waals surface area contributed by atoms with E-state index in [2.05, 4.69) is 29.0 Å². The van der Waals surface area contributed by atoms with Gasteiger partial charge >= 0.3 is 0 Å². The minimum atomic E-state index is -0.0959. The van der Waals surface area contributed by atoms with E-state index in [0.717, 1.165) is 18.9 Å². The number of aliphatic hydroxyl groups is 1. The van der Waals surface area contributed by atoms with Crippen LogP contribution in [0.1, 0.15) is 26.7 Å². The lowest BCUT2D eigenvalue weighted by atomic mass is 10.3. The molecule has 5 nitrogen and oxygen atoms in total. The number of carbonyl (C=O) groups excluding carboxylic acids is 1. The first-order valence-electron chi connectivity index (χ1n) is 6.33. The van der Waals surface area contributed by atoms with Gasteiger partial charge in [-0.1, -0.05) is 0 Å². The van der Waals surface area contributed by atoms with Gasteiger partial charge in [0.15, 0.2) is 0 Å². The van der Waals surface area contributed by atoms with Crippen LogP contribution in [0, 0.1) is 0 Å². The Hall–Kier alpha value is -1.62. The summed E-state index contributed by atoms with van der Waals surface area (Å²) in [5.74, 6) is 0.815. The van der Waals surface area contributed by atoms with Crippen LogP contribution < -0.4 is 10.2 Å². The van der Waals surface area contributed by atoms with E-state index < -0.39 is 0 Å². The average Bonchev–Trinajstić information content (AvgIpc) is 2.40. The topological polar surface area (TPSA) is 65.5 Å². The van der Waals surface area contributed by atoms with Gasteiger partial charge in [0.1, 0.15) is 5.82 Å². The van der Waals surface area contributed by atoms with Gasteiger partial charge in [0.05, 0.1) is 11.9 Å². The van der Waals surface area contributed by atoms with Crippen LogP contribution in [0.15, 0.2) is 18.3 Å². The van der Waals surface area contributed by atoms with Crippen molar-refractivity contribution in [1.29, 1.82) is 0 Å². The van der Waals surface area contributed by atoms with Gasteiger partial charge in [0, 0.05) is 26.1 Å². The fourth-order valence-electron chi connectivity index (χ4n) is 1.66. The third-order valence-electron chi connectivity index (χ3n) is 2.68. The number of anilines is 2. The SMILES string of the molecule is CCN(CC)c1ccc(NC(=O)CCCO)cn1. The lowest BCUT2D eigenvalue weighted by Gasteiger charge is -2.19. The van der Waals surface area contributed by atoms with Gasteiger partial charge in [-0.05, 0) is 32.4 Å². The highest BCUT2D eigenvalue weighted by atomic mass is 16.3. The molecular formula is C13H21N3O2. The molecule has 0 aliphatic carbocycles. The zero-order chi connectivity index (χ0) is 13.4. The summed E-state index contributed by atoms with van der Waals surface area (Å²) in [6.45, 7) is 6.01. The van der Waals surface area contributed by atoms with Gasteiger partial charge < -0.3 is 15.3 Å². The van der Waals surface area contributed by atoms with Crippen molar-refractivity contribution in [2.45, 2.75) is 26.7 Å². The Morgan fingerprint density at radius 1 is 1.39 bits per heavy atom. The van der Waals surface area contributed by atoms with E-state index in [0.29, 0.717) is 18.5 Å². The number of carbonyl (C=O) groups is 1. The molecule has 0 aromatic carbocycles. The Labute approximate surface area is 108 Å². The molecule has 0 aliphatic rings. The summed E-state index contributed by atoms with van der Waals surface area (Å²) in [7, 11) is 0. The van der Waals surface area contributed by atoms with E-state index in [4.69, 9.17) is 5.11 Å². The van der Waals surface area contributed by atoms with Crippen LogP contribution in [0.3, 0.4) is 0 Å². The lowest BCUT2D eigenvalue weighted by Crippen LogP contribution is -2.22. The number of aliphatic hydroxyl groups excluding tert-OH is 1. The minimum Gasteiger partial charge on any atom is -0.396 e. The van der Waals surface area contributed by atoms with Crippen LogP contribution >= 0.6 is 0 Å². The molecule has 0 saturated heterocycles. The Morgan fingerprint density at radius 3 is 2.61 bits per heavy atom. The molecule has 1 aromatic rings. The van der Waals surface area contributed by atoms with Crippen LogP contribution in [-0.2, 0) is 4.79 Å². The van der Waals surface area contributed by atoms with E-state index >= 15 is 0 Å². The number of nitrogens with zero attached hydrogens (tertiary/aromatic N) is 2. The number of hydrogen-bond acceptors (Lipinski definition) is 4. The molecule has 100 valence electrons. The molecule has 5 heteroatoms. The van der Waals surface area contributed by atoms with Crippen molar-refractivity contribution in [3.8, 4) is 0 Å². The second-order valence-corrected chi connectivity index (χ2v) is 3.95.